The summed E-state index contributed by atoms with van der Waals surface area (Å²) in [5, 5.41) is 9.46. The third-order valence-corrected chi connectivity index (χ3v) is 5.85. The van der Waals surface area contributed by atoms with Gasteiger partial charge in [0, 0.05) is 22.5 Å². The Kier molecular flexibility index (Phi) is 5.85. The number of halogens is 1. The molecule has 3 heterocycles. The first-order valence-electron chi connectivity index (χ1n) is 10.7. The molecule has 1 aliphatic heterocycles. The fourth-order valence-corrected chi connectivity index (χ4v) is 4.44. The highest BCUT2D eigenvalue weighted by Crippen LogP contribution is 2.33. The molecule has 172 valence electrons. The lowest BCUT2D eigenvalue weighted by Gasteiger charge is -2.18. The van der Waals surface area contributed by atoms with E-state index < -0.39 is 0 Å². The van der Waals surface area contributed by atoms with Crippen molar-refractivity contribution in [1.29, 1.82) is 0 Å². The molecule has 34 heavy (non-hydrogen) atoms. The lowest BCUT2D eigenvalue weighted by atomic mass is 10.1. The smallest absolute Gasteiger partial charge is 0.262 e. The zero-order valence-corrected chi connectivity index (χ0v) is 19.3. The second kappa shape index (κ2) is 9.11. The molecule has 0 unspecified atom stereocenters. The molecule has 0 saturated heterocycles. The van der Waals surface area contributed by atoms with Crippen molar-refractivity contribution in [3.63, 3.8) is 0 Å². The summed E-state index contributed by atoms with van der Waals surface area (Å²) in [5.41, 5.74) is 3.06. The van der Waals surface area contributed by atoms with Crippen LogP contribution in [0.3, 0.4) is 0 Å². The van der Waals surface area contributed by atoms with Gasteiger partial charge in [-0.05, 0) is 68.4 Å². The number of rotatable bonds is 5. The minimum absolute atomic E-state index is 0.00949. The molecule has 0 radical (unpaired) electrons. The van der Waals surface area contributed by atoms with E-state index in [4.69, 9.17) is 9.15 Å². The zero-order valence-electron chi connectivity index (χ0n) is 18.5. The van der Waals surface area contributed by atoms with Crippen molar-refractivity contribution in [3.05, 3.63) is 76.4 Å². The van der Waals surface area contributed by atoms with Crippen molar-refractivity contribution in [2.45, 2.75) is 19.9 Å². The first-order valence-corrected chi connectivity index (χ1v) is 11.6. The van der Waals surface area contributed by atoms with E-state index in [1.807, 2.05) is 43.5 Å². The normalized spacial score (nSPS) is 13.9. The van der Waals surface area contributed by atoms with Crippen LogP contribution in [0, 0.1) is 5.82 Å². The number of hydrogen-bond acceptors (Lipinski definition) is 6. The van der Waals surface area contributed by atoms with Crippen LogP contribution >= 0.6 is 11.3 Å². The SMILES string of the molecule is CC(C)N=c1scc(-c2ccc3c(c2)NC(=O)CO3)n1N=Cc1ccc(-c2ccc(F)cc2)o1. The Morgan fingerprint density at radius 3 is 2.71 bits per heavy atom. The van der Waals surface area contributed by atoms with E-state index in [1.165, 1.54) is 23.5 Å². The first-order chi connectivity index (χ1) is 16.5. The summed E-state index contributed by atoms with van der Waals surface area (Å²) in [6.45, 7) is 4.01. The summed E-state index contributed by atoms with van der Waals surface area (Å²) in [4.78, 5) is 17.2. The maximum Gasteiger partial charge on any atom is 0.262 e. The van der Waals surface area contributed by atoms with Crippen molar-refractivity contribution in [2.75, 3.05) is 11.9 Å². The van der Waals surface area contributed by atoms with Crippen LogP contribution in [0.2, 0.25) is 0 Å². The van der Waals surface area contributed by atoms with E-state index in [0.29, 0.717) is 23.0 Å². The number of carbonyl (C=O) groups is 1. The maximum atomic E-state index is 13.2. The van der Waals surface area contributed by atoms with E-state index in [0.717, 1.165) is 21.6 Å². The second-order valence-corrected chi connectivity index (χ2v) is 8.78. The molecule has 2 aromatic heterocycles. The predicted octanol–water partition coefficient (Wildman–Crippen LogP) is 5.14. The van der Waals surface area contributed by atoms with Gasteiger partial charge in [-0.3, -0.25) is 9.79 Å². The number of anilines is 1. The fraction of sp³-hybridized carbons (Fsp3) is 0.160. The summed E-state index contributed by atoms with van der Waals surface area (Å²) in [7, 11) is 0. The van der Waals surface area contributed by atoms with Gasteiger partial charge in [-0.15, -0.1) is 11.3 Å². The van der Waals surface area contributed by atoms with Gasteiger partial charge in [0.2, 0.25) is 4.80 Å². The van der Waals surface area contributed by atoms with Crippen LogP contribution in [-0.4, -0.2) is 29.4 Å². The average Bonchev–Trinajstić information content (AvgIpc) is 3.44. The van der Waals surface area contributed by atoms with Crippen molar-refractivity contribution in [2.24, 2.45) is 10.1 Å². The molecule has 2 aromatic carbocycles. The van der Waals surface area contributed by atoms with Gasteiger partial charge in [0.15, 0.2) is 6.61 Å². The Morgan fingerprint density at radius 2 is 1.91 bits per heavy atom. The number of nitrogens with zero attached hydrogens (tertiary/aromatic N) is 3. The number of aromatic nitrogens is 1. The molecule has 0 bridgehead atoms. The van der Waals surface area contributed by atoms with Gasteiger partial charge in [-0.25, -0.2) is 9.07 Å². The molecule has 9 heteroatoms. The predicted molar refractivity (Wildman–Crippen MR) is 130 cm³/mol. The Hall–Kier alpha value is -3.98. The average molecular weight is 477 g/mol. The first kappa shape index (κ1) is 21.8. The topological polar surface area (TPSA) is 81.1 Å². The Labute approximate surface area is 198 Å². The number of hydrogen-bond donors (Lipinski definition) is 1. The lowest BCUT2D eigenvalue weighted by molar-refractivity contribution is -0.118. The summed E-state index contributed by atoms with van der Waals surface area (Å²) < 4.78 is 26.3. The highest BCUT2D eigenvalue weighted by Gasteiger charge is 2.18. The Balaban J connectivity index is 1.51. The second-order valence-electron chi connectivity index (χ2n) is 7.94. The van der Waals surface area contributed by atoms with Gasteiger partial charge < -0.3 is 14.5 Å². The standard InChI is InChI=1S/C25H21FN4O3S/c1-15(2)28-25-30(27-12-19-8-10-22(33-19)16-3-6-18(26)7-4-16)21(14-34-25)17-5-9-23-20(11-17)29-24(31)13-32-23/h3-12,14-15H,13H2,1-2H3,(H,29,31). The minimum atomic E-state index is -0.298. The number of furan rings is 1. The summed E-state index contributed by atoms with van der Waals surface area (Å²) >= 11 is 1.47. The third-order valence-electron chi connectivity index (χ3n) is 5.02. The molecule has 0 aliphatic carbocycles. The Morgan fingerprint density at radius 1 is 1.12 bits per heavy atom. The summed E-state index contributed by atoms with van der Waals surface area (Å²) in [6, 6.07) is 15.4. The number of benzene rings is 2. The highest BCUT2D eigenvalue weighted by atomic mass is 32.1. The van der Waals surface area contributed by atoms with Crippen LogP contribution in [0.5, 0.6) is 5.75 Å². The van der Waals surface area contributed by atoms with Gasteiger partial charge >= 0.3 is 0 Å². The zero-order chi connectivity index (χ0) is 23.7. The van der Waals surface area contributed by atoms with Gasteiger partial charge in [0.1, 0.15) is 23.1 Å². The van der Waals surface area contributed by atoms with Crippen molar-refractivity contribution in [1.82, 2.24) is 4.68 Å². The Bertz CT molecular complexity index is 1450. The third kappa shape index (κ3) is 4.55. The van der Waals surface area contributed by atoms with E-state index in [-0.39, 0.29) is 24.4 Å². The fourth-order valence-electron chi connectivity index (χ4n) is 3.47. The molecule has 7 nitrogen and oxygen atoms in total. The monoisotopic (exact) mass is 476 g/mol. The van der Waals surface area contributed by atoms with Crippen LogP contribution < -0.4 is 14.9 Å². The number of thiazole rings is 1. The van der Waals surface area contributed by atoms with Gasteiger partial charge in [-0.2, -0.15) is 5.10 Å². The van der Waals surface area contributed by atoms with Crippen LogP contribution in [0.1, 0.15) is 19.6 Å². The molecule has 1 N–H and O–H groups in total. The molecule has 1 amide bonds. The largest absolute Gasteiger partial charge is 0.482 e. The van der Waals surface area contributed by atoms with Crippen molar-refractivity contribution >= 4 is 29.1 Å². The minimum Gasteiger partial charge on any atom is -0.482 e. The number of fused-ring (bicyclic) bond motifs is 1. The van der Waals surface area contributed by atoms with Gasteiger partial charge in [-0.1, -0.05) is 0 Å². The van der Waals surface area contributed by atoms with Crippen LogP contribution in [-0.2, 0) is 4.79 Å². The molecule has 0 saturated carbocycles. The summed E-state index contributed by atoms with van der Waals surface area (Å²) in [6.07, 6.45) is 1.62. The van der Waals surface area contributed by atoms with Crippen LogP contribution in [0.15, 0.2) is 74.5 Å². The number of nitrogens with one attached hydrogen (secondary N) is 1. The van der Waals surface area contributed by atoms with Crippen LogP contribution in [0.25, 0.3) is 22.6 Å². The molecular weight excluding hydrogens is 455 g/mol. The lowest BCUT2D eigenvalue weighted by Crippen LogP contribution is -2.25. The molecule has 0 spiro atoms. The molecule has 4 aromatic rings. The molecule has 0 fully saturated rings. The number of amides is 1. The number of carbonyl (C=O) groups excluding carboxylic acids is 1. The van der Waals surface area contributed by atoms with Crippen LogP contribution in [0.4, 0.5) is 10.1 Å². The quantitative estimate of drug-likeness (QED) is 0.405. The van der Waals surface area contributed by atoms with Gasteiger partial charge in [0.25, 0.3) is 5.91 Å². The van der Waals surface area contributed by atoms with Gasteiger partial charge in [0.05, 0.1) is 17.6 Å². The molecule has 1 aliphatic rings. The van der Waals surface area contributed by atoms with E-state index in [1.54, 1.807) is 29.1 Å². The molecule has 5 rings (SSSR count). The molecule has 0 atom stereocenters. The molecular formula is C25H21FN4O3S. The maximum absolute atomic E-state index is 13.2. The van der Waals surface area contributed by atoms with Crippen molar-refractivity contribution in [3.8, 4) is 28.3 Å². The highest BCUT2D eigenvalue weighted by molar-refractivity contribution is 7.07. The van der Waals surface area contributed by atoms with E-state index in [2.05, 4.69) is 15.4 Å². The van der Waals surface area contributed by atoms with E-state index >= 15 is 0 Å². The van der Waals surface area contributed by atoms with E-state index in [9.17, 15) is 9.18 Å². The summed E-state index contributed by atoms with van der Waals surface area (Å²) in [5.74, 6) is 1.31. The van der Waals surface area contributed by atoms with Crippen molar-refractivity contribution < 1.29 is 18.3 Å². The number of ether oxygens (including phenoxy) is 1.